The summed E-state index contributed by atoms with van der Waals surface area (Å²) < 4.78 is 0.271. The summed E-state index contributed by atoms with van der Waals surface area (Å²) in [6.07, 6.45) is 1.73. The monoisotopic (exact) mass is 434 g/mol. The summed E-state index contributed by atoms with van der Waals surface area (Å²) >= 11 is 7.87. The Hall–Kier alpha value is -2.69. The van der Waals surface area contributed by atoms with Crippen molar-refractivity contribution in [3.05, 3.63) is 51.1 Å². The summed E-state index contributed by atoms with van der Waals surface area (Å²) in [4.78, 5) is 38.9. The minimum Gasteiger partial charge on any atom is -0.507 e. The van der Waals surface area contributed by atoms with Gasteiger partial charge in [-0.25, -0.2) is 4.79 Å². The number of amides is 2. The van der Waals surface area contributed by atoms with Crippen molar-refractivity contribution in [3.63, 3.8) is 0 Å². The SMILES string of the molecule is C[C@H](C(=O)Nc1ccc(O)c(C(=O)O)c1)N1C(=O)/C(=C/c2cccs2)SC1=S. The zero-order valence-corrected chi connectivity index (χ0v) is 16.9. The van der Waals surface area contributed by atoms with Crippen molar-refractivity contribution in [2.24, 2.45) is 0 Å². The number of thiocarbonyl (C=S) groups is 1. The molecule has 0 aliphatic carbocycles. The molecule has 2 heterocycles. The molecule has 1 aliphatic heterocycles. The zero-order chi connectivity index (χ0) is 20.4. The third-order valence-electron chi connectivity index (χ3n) is 3.90. The van der Waals surface area contributed by atoms with Gasteiger partial charge in [0.25, 0.3) is 5.91 Å². The van der Waals surface area contributed by atoms with Crippen molar-refractivity contribution in [2.45, 2.75) is 13.0 Å². The van der Waals surface area contributed by atoms with Crippen LogP contribution in [0.3, 0.4) is 0 Å². The van der Waals surface area contributed by atoms with Crippen LogP contribution in [0.1, 0.15) is 22.2 Å². The van der Waals surface area contributed by atoms with E-state index >= 15 is 0 Å². The predicted octanol–water partition coefficient (Wildman–Crippen LogP) is 3.38. The number of carboxylic acids is 1. The molecule has 1 aromatic heterocycles. The molecule has 144 valence electrons. The Bertz CT molecular complexity index is 1000. The number of rotatable bonds is 5. The van der Waals surface area contributed by atoms with Crippen molar-refractivity contribution >= 4 is 69.2 Å². The number of thioether (sulfide) groups is 1. The van der Waals surface area contributed by atoms with E-state index in [1.165, 1.54) is 35.3 Å². The van der Waals surface area contributed by atoms with Crippen molar-refractivity contribution in [1.82, 2.24) is 4.90 Å². The van der Waals surface area contributed by atoms with Crippen LogP contribution in [0.4, 0.5) is 5.69 Å². The number of carbonyl (C=O) groups is 3. The molecular weight excluding hydrogens is 420 g/mol. The molecule has 1 aromatic carbocycles. The molecule has 10 heteroatoms. The van der Waals surface area contributed by atoms with Crippen LogP contribution in [0.25, 0.3) is 6.08 Å². The van der Waals surface area contributed by atoms with E-state index in [4.69, 9.17) is 17.3 Å². The van der Waals surface area contributed by atoms with Crippen molar-refractivity contribution in [1.29, 1.82) is 0 Å². The largest absolute Gasteiger partial charge is 0.507 e. The van der Waals surface area contributed by atoms with Gasteiger partial charge in [0.1, 0.15) is 21.7 Å². The Labute approximate surface area is 173 Å². The maximum absolute atomic E-state index is 12.7. The van der Waals surface area contributed by atoms with Crippen LogP contribution < -0.4 is 5.32 Å². The minimum atomic E-state index is -1.32. The first-order chi connectivity index (χ1) is 13.3. The standard InChI is InChI=1S/C18H14N2O5S3/c1-9(15(22)19-10-4-5-13(21)12(7-10)17(24)25)20-16(23)14(28-18(20)26)8-11-3-2-6-27-11/h2-9,21H,1H3,(H,19,22)(H,24,25)/b14-8-/t9-/m1/s1. The van der Waals surface area contributed by atoms with Gasteiger partial charge in [0, 0.05) is 10.6 Å². The highest BCUT2D eigenvalue weighted by Gasteiger charge is 2.38. The molecule has 2 aromatic rings. The van der Waals surface area contributed by atoms with Crippen LogP contribution in [0.5, 0.6) is 5.75 Å². The fourth-order valence-electron chi connectivity index (χ4n) is 2.47. The van der Waals surface area contributed by atoms with Crippen molar-refractivity contribution in [3.8, 4) is 5.75 Å². The molecule has 2 amide bonds. The van der Waals surface area contributed by atoms with Gasteiger partial charge < -0.3 is 15.5 Å². The van der Waals surface area contributed by atoms with Crippen molar-refractivity contribution in [2.75, 3.05) is 5.32 Å². The van der Waals surface area contributed by atoms with E-state index in [-0.39, 0.29) is 21.5 Å². The topological polar surface area (TPSA) is 107 Å². The van der Waals surface area contributed by atoms with Gasteiger partial charge in [-0.3, -0.25) is 14.5 Å². The van der Waals surface area contributed by atoms with Gasteiger partial charge in [-0.2, -0.15) is 0 Å². The summed E-state index contributed by atoms with van der Waals surface area (Å²) in [5.74, 6) is -2.62. The second-order valence-corrected chi connectivity index (χ2v) is 8.42. The number of anilines is 1. The molecule has 28 heavy (non-hydrogen) atoms. The summed E-state index contributed by atoms with van der Waals surface area (Å²) in [5, 5.41) is 23.1. The Balaban J connectivity index is 1.76. The minimum absolute atomic E-state index is 0.187. The van der Waals surface area contributed by atoms with E-state index < -0.39 is 23.7 Å². The van der Waals surface area contributed by atoms with Gasteiger partial charge in [0.2, 0.25) is 5.91 Å². The van der Waals surface area contributed by atoms with Gasteiger partial charge >= 0.3 is 5.97 Å². The first kappa shape index (κ1) is 20.1. The quantitative estimate of drug-likeness (QED) is 0.376. The molecule has 1 fully saturated rings. The van der Waals surface area contributed by atoms with Crippen LogP contribution in [-0.2, 0) is 9.59 Å². The Morgan fingerprint density at radius 3 is 2.71 bits per heavy atom. The first-order valence-corrected chi connectivity index (χ1v) is 10.1. The molecule has 1 atom stereocenters. The first-order valence-electron chi connectivity index (χ1n) is 7.95. The summed E-state index contributed by atoms with van der Waals surface area (Å²) in [7, 11) is 0. The lowest BCUT2D eigenvalue weighted by Gasteiger charge is -2.22. The molecule has 3 N–H and O–H groups in total. The zero-order valence-electron chi connectivity index (χ0n) is 14.4. The number of carboxylic acid groups (broad SMARTS) is 1. The van der Waals surface area contributed by atoms with E-state index in [0.717, 1.165) is 22.7 Å². The molecule has 7 nitrogen and oxygen atoms in total. The van der Waals surface area contributed by atoms with Gasteiger partial charge in [-0.15, -0.1) is 11.3 Å². The van der Waals surface area contributed by atoms with Crippen LogP contribution in [0.15, 0.2) is 40.6 Å². The Morgan fingerprint density at radius 2 is 2.07 bits per heavy atom. The molecule has 0 saturated carbocycles. The molecule has 3 rings (SSSR count). The van der Waals surface area contributed by atoms with Crippen molar-refractivity contribution < 1.29 is 24.6 Å². The third-order valence-corrected chi connectivity index (χ3v) is 6.05. The number of nitrogens with zero attached hydrogens (tertiary/aromatic N) is 1. The smallest absolute Gasteiger partial charge is 0.339 e. The van der Waals surface area contributed by atoms with E-state index in [1.54, 1.807) is 6.08 Å². The third kappa shape index (κ3) is 4.08. The average molecular weight is 435 g/mol. The molecular formula is C18H14N2O5S3. The molecule has 0 bridgehead atoms. The van der Waals surface area contributed by atoms with E-state index in [1.807, 2.05) is 17.5 Å². The number of hydrogen-bond donors (Lipinski definition) is 3. The number of aromatic carboxylic acids is 1. The Kier molecular flexibility index (Phi) is 5.82. The molecule has 0 unspecified atom stereocenters. The highest BCUT2D eigenvalue weighted by Crippen LogP contribution is 2.34. The van der Waals surface area contributed by atoms with Crippen LogP contribution in [0, 0.1) is 0 Å². The van der Waals surface area contributed by atoms with E-state index in [0.29, 0.717) is 4.91 Å². The van der Waals surface area contributed by atoms with Gasteiger partial charge in [0.15, 0.2) is 0 Å². The number of phenols is 1. The molecule has 0 radical (unpaired) electrons. The van der Waals surface area contributed by atoms with Gasteiger partial charge in [-0.05, 0) is 42.6 Å². The molecule has 1 aliphatic rings. The maximum Gasteiger partial charge on any atom is 0.339 e. The lowest BCUT2D eigenvalue weighted by molar-refractivity contribution is -0.129. The maximum atomic E-state index is 12.7. The number of carbonyl (C=O) groups excluding carboxylic acids is 2. The van der Waals surface area contributed by atoms with E-state index in [2.05, 4.69) is 5.32 Å². The number of aromatic hydroxyl groups is 1. The normalized spacial score (nSPS) is 16.5. The fraction of sp³-hybridized carbons (Fsp3) is 0.111. The number of thiophene rings is 1. The van der Waals surface area contributed by atoms with E-state index in [9.17, 15) is 19.5 Å². The summed E-state index contributed by atoms with van der Waals surface area (Å²) in [6, 6.07) is 6.53. The average Bonchev–Trinajstić information content (AvgIpc) is 3.24. The molecule has 1 saturated heterocycles. The Morgan fingerprint density at radius 1 is 1.32 bits per heavy atom. The lowest BCUT2D eigenvalue weighted by atomic mass is 10.1. The molecule has 0 spiro atoms. The lowest BCUT2D eigenvalue weighted by Crippen LogP contribution is -2.44. The highest BCUT2D eigenvalue weighted by molar-refractivity contribution is 8.26. The fourth-order valence-corrected chi connectivity index (χ4v) is 4.61. The van der Waals surface area contributed by atoms with Gasteiger partial charge in [0.05, 0.1) is 4.91 Å². The number of nitrogens with one attached hydrogen (secondary N) is 1. The van der Waals surface area contributed by atoms with Crippen LogP contribution in [-0.4, -0.2) is 43.3 Å². The van der Waals surface area contributed by atoms with Crippen LogP contribution in [0.2, 0.25) is 0 Å². The summed E-state index contributed by atoms with van der Waals surface area (Å²) in [5.41, 5.74) is -0.151. The number of hydrogen-bond acceptors (Lipinski definition) is 7. The highest BCUT2D eigenvalue weighted by atomic mass is 32.2. The second-order valence-electron chi connectivity index (χ2n) is 5.77. The number of benzene rings is 1. The predicted molar refractivity (Wildman–Crippen MR) is 112 cm³/mol. The summed E-state index contributed by atoms with van der Waals surface area (Å²) in [6.45, 7) is 1.53. The van der Waals surface area contributed by atoms with Gasteiger partial charge in [-0.1, -0.05) is 30.0 Å². The van der Waals surface area contributed by atoms with Crippen LogP contribution >= 0.6 is 35.3 Å². The second kappa shape index (κ2) is 8.13.